The fourth-order valence-electron chi connectivity index (χ4n) is 2.71. The van der Waals surface area contributed by atoms with Gasteiger partial charge in [-0.15, -0.1) is 11.3 Å². The third-order valence-corrected chi connectivity index (χ3v) is 5.20. The smallest absolute Gasteiger partial charge is 0.305 e. The molecule has 26 heavy (non-hydrogen) atoms. The van der Waals surface area contributed by atoms with Crippen molar-refractivity contribution in [3.8, 4) is 11.3 Å². The fraction of sp³-hybridized carbons (Fsp3) is 0.0625. The van der Waals surface area contributed by atoms with Gasteiger partial charge in [-0.2, -0.15) is 13.2 Å². The van der Waals surface area contributed by atoms with Crippen LogP contribution in [0.5, 0.6) is 0 Å². The number of thiophene rings is 1. The molecule has 0 unspecified atom stereocenters. The van der Waals surface area contributed by atoms with Crippen molar-refractivity contribution in [3.05, 3.63) is 61.8 Å². The number of fused-ring (bicyclic) bond motifs is 3. The summed E-state index contributed by atoms with van der Waals surface area (Å²) in [6.07, 6.45) is -4.72. The highest BCUT2D eigenvalue weighted by atomic mass is 35.5. The van der Waals surface area contributed by atoms with E-state index in [2.05, 4.69) is 9.97 Å². The first-order valence-corrected chi connectivity index (χ1v) is 8.37. The Bertz CT molecular complexity index is 1290. The molecular formula is C16H7ClF3N3O2S. The molecule has 4 rings (SSSR count). The van der Waals surface area contributed by atoms with Gasteiger partial charge >= 0.3 is 11.9 Å². The summed E-state index contributed by atoms with van der Waals surface area (Å²) in [6, 6.07) is 7.25. The number of nitrogens with one attached hydrogen (secondary N) is 2. The molecule has 0 saturated carbocycles. The largest absolute Gasteiger partial charge is 0.417 e. The van der Waals surface area contributed by atoms with Crippen LogP contribution in [-0.2, 0) is 6.18 Å². The lowest BCUT2D eigenvalue weighted by atomic mass is 10.1. The molecule has 0 spiro atoms. The topological polar surface area (TPSA) is 78.6 Å². The molecule has 2 N–H and O–H groups in total. The van der Waals surface area contributed by atoms with Crippen molar-refractivity contribution in [3.63, 3.8) is 0 Å². The van der Waals surface area contributed by atoms with Gasteiger partial charge in [-0.25, -0.2) is 9.78 Å². The van der Waals surface area contributed by atoms with E-state index in [9.17, 15) is 22.8 Å². The number of alkyl halides is 3. The zero-order chi connectivity index (χ0) is 18.6. The van der Waals surface area contributed by atoms with Crippen LogP contribution in [0.25, 0.3) is 31.7 Å². The van der Waals surface area contributed by atoms with Crippen molar-refractivity contribution in [2.75, 3.05) is 0 Å². The second-order valence-corrected chi connectivity index (χ2v) is 6.83. The van der Waals surface area contributed by atoms with Crippen LogP contribution in [0.3, 0.4) is 0 Å². The zero-order valence-corrected chi connectivity index (χ0v) is 14.1. The number of aromatic amines is 2. The average Bonchev–Trinajstić information content (AvgIpc) is 2.92. The number of hydrogen-bond donors (Lipinski definition) is 2. The summed E-state index contributed by atoms with van der Waals surface area (Å²) in [4.78, 5) is 32.0. The third-order valence-electron chi connectivity index (χ3n) is 3.79. The lowest BCUT2D eigenvalue weighted by Gasteiger charge is -2.11. The molecule has 4 aromatic rings. The van der Waals surface area contributed by atoms with Crippen molar-refractivity contribution >= 4 is 43.4 Å². The van der Waals surface area contributed by atoms with Gasteiger partial charge in [0.05, 0.1) is 16.8 Å². The van der Waals surface area contributed by atoms with Gasteiger partial charge in [-0.3, -0.25) is 9.78 Å². The number of nitrogens with zero attached hydrogens (tertiary/aromatic N) is 1. The number of hydrogen-bond acceptors (Lipinski definition) is 4. The van der Waals surface area contributed by atoms with Crippen LogP contribution in [0.4, 0.5) is 13.2 Å². The van der Waals surface area contributed by atoms with E-state index in [1.165, 1.54) is 0 Å². The fourth-order valence-corrected chi connectivity index (χ4v) is 4.00. The van der Waals surface area contributed by atoms with Crippen molar-refractivity contribution < 1.29 is 13.2 Å². The highest BCUT2D eigenvalue weighted by Crippen LogP contribution is 2.42. The van der Waals surface area contributed by atoms with E-state index in [4.69, 9.17) is 11.6 Å². The van der Waals surface area contributed by atoms with Crippen LogP contribution in [0.1, 0.15) is 5.56 Å². The number of rotatable bonds is 1. The summed E-state index contributed by atoms with van der Waals surface area (Å²) in [7, 11) is 0. The predicted octanol–water partition coefficient (Wildman–Crippen LogP) is 4.17. The Morgan fingerprint density at radius 1 is 1.12 bits per heavy atom. The summed E-state index contributed by atoms with van der Waals surface area (Å²) in [6.45, 7) is 0. The maximum Gasteiger partial charge on any atom is 0.417 e. The van der Waals surface area contributed by atoms with E-state index in [1.54, 1.807) is 24.3 Å². The SMILES string of the molecule is O=c1[nH]c(=O)c2sc3nc(-c4ccccc4Cl)cc(C(F)(F)F)c3c2[nH]1. The minimum absolute atomic E-state index is 0.0166. The van der Waals surface area contributed by atoms with E-state index >= 15 is 0 Å². The molecule has 0 aliphatic heterocycles. The van der Waals surface area contributed by atoms with Gasteiger partial charge in [0, 0.05) is 16.0 Å². The molecule has 1 aromatic carbocycles. The van der Waals surface area contributed by atoms with Crippen LogP contribution < -0.4 is 11.2 Å². The quantitative estimate of drug-likeness (QED) is 0.506. The van der Waals surface area contributed by atoms with E-state index < -0.39 is 23.0 Å². The maximum absolute atomic E-state index is 13.7. The van der Waals surface area contributed by atoms with Crippen molar-refractivity contribution in [1.29, 1.82) is 0 Å². The standard InChI is InChI=1S/C16H7ClF3N3O2S/c17-8-4-2-1-3-6(8)9-5-7(16(18,19)20)10-11-12(26-14(10)21-9)13(24)23-15(25)22-11/h1-5H,(H2,22,23,24,25). The van der Waals surface area contributed by atoms with Crippen LogP contribution >= 0.6 is 22.9 Å². The number of H-pyrrole nitrogens is 2. The second-order valence-electron chi connectivity index (χ2n) is 5.43. The third kappa shape index (κ3) is 2.60. The molecule has 0 amide bonds. The molecular weight excluding hydrogens is 391 g/mol. The van der Waals surface area contributed by atoms with Gasteiger partial charge in [0.25, 0.3) is 5.56 Å². The summed E-state index contributed by atoms with van der Waals surface area (Å²) in [5.74, 6) is 0. The van der Waals surface area contributed by atoms with E-state index in [-0.39, 0.29) is 31.1 Å². The first-order valence-electron chi connectivity index (χ1n) is 7.17. The highest BCUT2D eigenvalue weighted by Gasteiger charge is 2.35. The number of benzene rings is 1. The molecule has 5 nitrogen and oxygen atoms in total. The molecule has 0 saturated heterocycles. The maximum atomic E-state index is 13.7. The van der Waals surface area contributed by atoms with Crippen LogP contribution in [-0.4, -0.2) is 15.0 Å². The second kappa shape index (κ2) is 5.68. The lowest BCUT2D eigenvalue weighted by Crippen LogP contribution is -2.20. The number of halogens is 4. The van der Waals surface area contributed by atoms with Gasteiger partial charge in [-0.1, -0.05) is 29.8 Å². The Balaban J connectivity index is 2.19. The molecule has 3 heterocycles. The summed E-state index contributed by atoms with van der Waals surface area (Å²) >= 11 is 6.85. The molecule has 0 bridgehead atoms. The molecule has 0 atom stereocenters. The van der Waals surface area contributed by atoms with Gasteiger partial charge in [0.2, 0.25) is 0 Å². The van der Waals surface area contributed by atoms with Gasteiger partial charge < -0.3 is 4.98 Å². The Morgan fingerprint density at radius 2 is 1.85 bits per heavy atom. The van der Waals surface area contributed by atoms with Gasteiger partial charge in [0.15, 0.2) is 0 Å². The zero-order valence-electron chi connectivity index (χ0n) is 12.6. The van der Waals surface area contributed by atoms with Crippen molar-refractivity contribution in [2.24, 2.45) is 0 Å². The minimum Gasteiger partial charge on any atom is -0.305 e. The summed E-state index contributed by atoms with van der Waals surface area (Å²) in [5.41, 5.74) is -2.46. The Morgan fingerprint density at radius 3 is 2.54 bits per heavy atom. The van der Waals surface area contributed by atoms with Crippen molar-refractivity contribution in [2.45, 2.75) is 6.18 Å². The summed E-state index contributed by atoms with van der Waals surface area (Å²) in [5, 5.41) is -0.0589. The van der Waals surface area contributed by atoms with E-state index in [0.717, 1.165) is 17.4 Å². The van der Waals surface area contributed by atoms with Gasteiger partial charge in [-0.05, 0) is 12.1 Å². The first-order chi connectivity index (χ1) is 12.3. The lowest BCUT2D eigenvalue weighted by molar-refractivity contribution is -0.136. The molecule has 0 radical (unpaired) electrons. The Hall–Kier alpha value is -2.65. The minimum atomic E-state index is -4.72. The summed E-state index contributed by atoms with van der Waals surface area (Å²) < 4.78 is 41.0. The Kier molecular flexibility index (Phi) is 3.67. The van der Waals surface area contributed by atoms with E-state index in [0.29, 0.717) is 5.56 Å². The monoisotopic (exact) mass is 397 g/mol. The number of pyridine rings is 1. The average molecular weight is 398 g/mol. The van der Waals surface area contributed by atoms with Crippen LogP contribution in [0.2, 0.25) is 5.02 Å². The van der Waals surface area contributed by atoms with Crippen LogP contribution in [0, 0.1) is 0 Å². The molecule has 0 fully saturated rings. The predicted molar refractivity (Wildman–Crippen MR) is 93.8 cm³/mol. The Labute approximate surface area is 151 Å². The molecule has 3 aromatic heterocycles. The van der Waals surface area contributed by atoms with Crippen LogP contribution in [0.15, 0.2) is 39.9 Å². The highest BCUT2D eigenvalue weighted by molar-refractivity contribution is 7.25. The molecule has 10 heteroatoms. The molecule has 0 aliphatic rings. The van der Waals surface area contributed by atoms with E-state index in [1.807, 2.05) is 4.98 Å². The first kappa shape index (κ1) is 16.8. The normalized spacial score (nSPS) is 12.2. The number of aromatic nitrogens is 3. The molecule has 132 valence electrons. The van der Waals surface area contributed by atoms with Gasteiger partial charge in [0.1, 0.15) is 9.53 Å². The van der Waals surface area contributed by atoms with Crippen molar-refractivity contribution in [1.82, 2.24) is 15.0 Å². The molecule has 0 aliphatic carbocycles.